The highest BCUT2D eigenvalue weighted by molar-refractivity contribution is 7.89. The van der Waals surface area contributed by atoms with Gasteiger partial charge in [-0.05, 0) is 49.7 Å². The van der Waals surface area contributed by atoms with Crippen LogP contribution in [0.2, 0.25) is 0 Å². The highest BCUT2D eigenvalue weighted by Gasteiger charge is 2.29. The lowest BCUT2D eigenvalue weighted by atomic mass is 10.1. The third-order valence-electron chi connectivity index (χ3n) is 5.98. The number of aromatic amines is 1. The molecule has 2 aliphatic rings. The number of H-pyrrole nitrogens is 1. The van der Waals surface area contributed by atoms with Crippen molar-refractivity contribution in [2.75, 3.05) is 37.7 Å². The average Bonchev–Trinajstić information content (AvgIpc) is 3.40. The molecule has 0 aliphatic carbocycles. The van der Waals surface area contributed by atoms with Crippen LogP contribution in [-0.4, -0.2) is 61.8 Å². The van der Waals surface area contributed by atoms with E-state index < -0.39 is 10.0 Å². The summed E-state index contributed by atoms with van der Waals surface area (Å²) in [5, 5.41) is 14.2. The molecule has 1 aromatic heterocycles. The van der Waals surface area contributed by atoms with E-state index in [4.69, 9.17) is 0 Å². The monoisotopic (exact) mass is 426 g/mol. The van der Waals surface area contributed by atoms with Crippen molar-refractivity contribution in [2.24, 2.45) is 0 Å². The van der Waals surface area contributed by atoms with Crippen LogP contribution < -0.4 is 10.2 Å². The molecule has 2 aliphatic heterocycles. The number of para-hydroxylation sites is 1. The highest BCUT2D eigenvalue weighted by Crippen LogP contribution is 2.36. The average molecular weight is 427 g/mol. The second-order valence-electron chi connectivity index (χ2n) is 8.03. The number of hydrogen-bond acceptors (Lipinski definition) is 5. The number of aliphatic hydroxyl groups is 1. The van der Waals surface area contributed by atoms with Gasteiger partial charge in [-0.3, -0.25) is 0 Å². The van der Waals surface area contributed by atoms with E-state index in [0.717, 1.165) is 47.4 Å². The molecule has 0 spiro atoms. The maximum atomic E-state index is 13.2. The van der Waals surface area contributed by atoms with Gasteiger partial charge in [0.1, 0.15) is 0 Å². The van der Waals surface area contributed by atoms with Gasteiger partial charge in [0.2, 0.25) is 10.0 Å². The molecule has 0 saturated carbocycles. The van der Waals surface area contributed by atoms with Crippen LogP contribution in [0.3, 0.4) is 0 Å². The molecule has 0 radical (unpaired) electrons. The Morgan fingerprint density at radius 3 is 2.67 bits per heavy atom. The summed E-state index contributed by atoms with van der Waals surface area (Å²) in [7, 11) is -3.58. The first-order valence-electron chi connectivity index (χ1n) is 10.4. The molecule has 0 unspecified atom stereocenters. The van der Waals surface area contributed by atoms with Crippen LogP contribution in [0.1, 0.15) is 12.8 Å². The molecule has 3 aromatic rings. The van der Waals surface area contributed by atoms with Gasteiger partial charge >= 0.3 is 0 Å². The van der Waals surface area contributed by atoms with E-state index >= 15 is 0 Å². The number of anilines is 1. The number of aromatic nitrogens is 1. The zero-order valence-corrected chi connectivity index (χ0v) is 17.5. The minimum Gasteiger partial charge on any atom is -0.391 e. The summed E-state index contributed by atoms with van der Waals surface area (Å²) in [4.78, 5) is 5.86. The molecule has 30 heavy (non-hydrogen) atoms. The number of benzene rings is 2. The van der Waals surface area contributed by atoms with Crippen LogP contribution in [0.5, 0.6) is 0 Å². The van der Waals surface area contributed by atoms with E-state index in [1.54, 1.807) is 12.1 Å². The quantitative estimate of drug-likeness (QED) is 0.596. The van der Waals surface area contributed by atoms with E-state index in [1.807, 2.05) is 30.3 Å². The second kappa shape index (κ2) is 7.70. The first-order valence-corrected chi connectivity index (χ1v) is 11.8. The summed E-state index contributed by atoms with van der Waals surface area (Å²) >= 11 is 0. The summed E-state index contributed by atoms with van der Waals surface area (Å²) < 4.78 is 28.0. The Hall–Kier alpha value is -2.39. The SMILES string of the molecule is O=S(=O)(c1ccc(N2CC[C@H](O)C2)c(-c2cc3ccccc3[nH]2)c1)N1CCCNC1. The van der Waals surface area contributed by atoms with Gasteiger partial charge in [0.05, 0.1) is 17.7 Å². The van der Waals surface area contributed by atoms with E-state index in [1.165, 1.54) is 4.31 Å². The van der Waals surface area contributed by atoms with Crippen LogP contribution in [0.15, 0.2) is 53.4 Å². The van der Waals surface area contributed by atoms with E-state index in [-0.39, 0.29) is 6.10 Å². The summed E-state index contributed by atoms with van der Waals surface area (Å²) in [5.41, 5.74) is 3.66. The fourth-order valence-electron chi connectivity index (χ4n) is 4.36. The Morgan fingerprint density at radius 1 is 1.07 bits per heavy atom. The number of hydrogen-bond donors (Lipinski definition) is 3. The standard InChI is InChI=1S/C22H26N4O3S/c27-17-8-11-25(14-17)22-7-6-18(30(28,29)26-10-3-9-23-15-26)13-19(22)21-12-16-4-1-2-5-20(16)24-21/h1-2,4-7,12-13,17,23-24,27H,3,8-11,14-15H2/t17-/m0/s1. The molecule has 3 heterocycles. The number of rotatable bonds is 4. The lowest BCUT2D eigenvalue weighted by Crippen LogP contribution is -2.44. The largest absolute Gasteiger partial charge is 0.391 e. The maximum Gasteiger partial charge on any atom is 0.244 e. The van der Waals surface area contributed by atoms with Crippen LogP contribution in [0.25, 0.3) is 22.2 Å². The van der Waals surface area contributed by atoms with Gasteiger partial charge in [-0.25, -0.2) is 8.42 Å². The molecule has 1 atom stereocenters. The zero-order valence-electron chi connectivity index (χ0n) is 16.7. The minimum atomic E-state index is -3.58. The molecule has 0 amide bonds. The van der Waals surface area contributed by atoms with E-state index in [2.05, 4.69) is 21.3 Å². The lowest BCUT2D eigenvalue weighted by molar-refractivity contribution is 0.198. The number of aliphatic hydroxyl groups excluding tert-OH is 1. The van der Waals surface area contributed by atoms with Crippen LogP contribution in [0.4, 0.5) is 5.69 Å². The Bertz CT molecular complexity index is 1140. The van der Waals surface area contributed by atoms with Gasteiger partial charge in [0.25, 0.3) is 0 Å². The Labute approximate surface area is 176 Å². The van der Waals surface area contributed by atoms with Gasteiger partial charge < -0.3 is 20.3 Å². The van der Waals surface area contributed by atoms with Crippen LogP contribution in [0, 0.1) is 0 Å². The maximum absolute atomic E-state index is 13.2. The highest BCUT2D eigenvalue weighted by atomic mass is 32.2. The molecule has 2 fully saturated rings. The molecule has 7 nitrogen and oxygen atoms in total. The number of fused-ring (bicyclic) bond motifs is 1. The van der Waals surface area contributed by atoms with E-state index in [9.17, 15) is 13.5 Å². The summed E-state index contributed by atoms with van der Waals surface area (Å²) in [5.74, 6) is 0. The topological polar surface area (TPSA) is 88.7 Å². The van der Waals surface area contributed by atoms with E-state index in [0.29, 0.717) is 31.1 Å². The van der Waals surface area contributed by atoms with Crippen molar-refractivity contribution in [2.45, 2.75) is 23.8 Å². The zero-order chi connectivity index (χ0) is 20.7. The van der Waals surface area contributed by atoms with Crippen molar-refractivity contribution in [3.8, 4) is 11.3 Å². The second-order valence-corrected chi connectivity index (χ2v) is 9.97. The van der Waals surface area contributed by atoms with Crippen molar-refractivity contribution in [3.63, 3.8) is 0 Å². The van der Waals surface area contributed by atoms with Crippen molar-refractivity contribution in [3.05, 3.63) is 48.5 Å². The predicted molar refractivity (Wildman–Crippen MR) is 118 cm³/mol. The van der Waals surface area contributed by atoms with Crippen molar-refractivity contribution in [1.82, 2.24) is 14.6 Å². The van der Waals surface area contributed by atoms with Crippen molar-refractivity contribution < 1.29 is 13.5 Å². The molecule has 3 N–H and O–H groups in total. The molecule has 158 valence electrons. The fraction of sp³-hybridized carbons (Fsp3) is 0.364. The Morgan fingerprint density at radius 2 is 1.93 bits per heavy atom. The molecule has 2 saturated heterocycles. The normalized spacial score (nSPS) is 20.8. The number of nitrogens with one attached hydrogen (secondary N) is 2. The van der Waals surface area contributed by atoms with Crippen LogP contribution in [-0.2, 0) is 10.0 Å². The molecule has 2 aromatic carbocycles. The fourth-order valence-corrected chi connectivity index (χ4v) is 5.80. The van der Waals surface area contributed by atoms with Crippen molar-refractivity contribution in [1.29, 1.82) is 0 Å². The Balaban J connectivity index is 1.62. The lowest BCUT2D eigenvalue weighted by Gasteiger charge is -2.27. The van der Waals surface area contributed by atoms with Gasteiger partial charge in [-0.15, -0.1) is 0 Å². The Kier molecular flexibility index (Phi) is 5.02. The summed E-state index contributed by atoms with van der Waals surface area (Å²) in [6.07, 6.45) is 1.16. The smallest absolute Gasteiger partial charge is 0.244 e. The molecule has 5 rings (SSSR count). The summed E-state index contributed by atoms with van der Waals surface area (Å²) in [6, 6.07) is 15.4. The first kappa shape index (κ1) is 19.6. The van der Waals surface area contributed by atoms with Gasteiger partial charge in [0, 0.05) is 47.5 Å². The van der Waals surface area contributed by atoms with Gasteiger partial charge in [-0.1, -0.05) is 18.2 Å². The molecule has 0 bridgehead atoms. The summed E-state index contributed by atoms with van der Waals surface area (Å²) in [6.45, 7) is 3.00. The number of nitrogens with zero attached hydrogens (tertiary/aromatic N) is 2. The molecular formula is C22H26N4O3S. The van der Waals surface area contributed by atoms with Gasteiger partial charge in [-0.2, -0.15) is 4.31 Å². The third kappa shape index (κ3) is 3.50. The van der Waals surface area contributed by atoms with Gasteiger partial charge in [0.15, 0.2) is 0 Å². The molecular weight excluding hydrogens is 400 g/mol. The number of β-amino-alcohol motifs (C(OH)–C–C–N with tert-alkyl or cyclic N) is 1. The predicted octanol–water partition coefficient (Wildman–Crippen LogP) is 2.35. The first-order chi connectivity index (χ1) is 14.5. The van der Waals surface area contributed by atoms with Crippen LogP contribution >= 0.6 is 0 Å². The minimum absolute atomic E-state index is 0.295. The van der Waals surface area contributed by atoms with Crippen molar-refractivity contribution >= 4 is 26.6 Å². The third-order valence-corrected chi connectivity index (χ3v) is 7.82. The molecule has 8 heteroatoms. The number of sulfonamides is 1.